The van der Waals surface area contributed by atoms with Crippen molar-refractivity contribution < 1.29 is 18.8 Å². The number of aryl methyl sites for hydroxylation is 1. The fraction of sp³-hybridized carbons (Fsp3) is 0.483. The zero-order chi connectivity index (χ0) is 26.2. The Morgan fingerprint density at radius 1 is 1.08 bits per heavy atom. The van der Waals surface area contributed by atoms with Crippen molar-refractivity contribution in [2.75, 3.05) is 25.5 Å². The van der Waals surface area contributed by atoms with E-state index in [1.54, 1.807) is 6.20 Å². The second-order valence-corrected chi connectivity index (χ2v) is 11.1. The summed E-state index contributed by atoms with van der Waals surface area (Å²) in [6.45, 7) is 9.81. The summed E-state index contributed by atoms with van der Waals surface area (Å²) in [6.07, 6.45) is 5.33. The fourth-order valence-corrected chi connectivity index (χ4v) is 5.37. The highest BCUT2D eigenvalue weighted by atomic mass is 16.6. The number of ether oxygens (including phenoxy) is 2. The van der Waals surface area contributed by atoms with Crippen LogP contribution in [0.3, 0.4) is 0 Å². The van der Waals surface area contributed by atoms with Crippen molar-refractivity contribution in [3.8, 4) is 22.5 Å². The Kier molecular flexibility index (Phi) is 6.94. The molecule has 0 bridgehead atoms. The summed E-state index contributed by atoms with van der Waals surface area (Å²) < 4.78 is 16.9. The molecule has 1 amide bonds. The maximum absolute atomic E-state index is 13.2. The Labute approximate surface area is 218 Å². The summed E-state index contributed by atoms with van der Waals surface area (Å²) in [5, 5.41) is 4.00. The van der Waals surface area contributed by atoms with Gasteiger partial charge in [0.25, 0.3) is 0 Å². The number of amides is 1. The van der Waals surface area contributed by atoms with Gasteiger partial charge in [0.2, 0.25) is 0 Å². The number of nitrogens with two attached hydrogens (primary N) is 1. The molecule has 0 spiro atoms. The van der Waals surface area contributed by atoms with Gasteiger partial charge < -0.3 is 24.6 Å². The number of rotatable bonds is 4. The van der Waals surface area contributed by atoms with Gasteiger partial charge in [-0.25, -0.2) is 9.78 Å². The summed E-state index contributed by atoms with van der Waals surface area (Å²) in [5.74, 6) is 1.39. The van der Waals surface area contributed by atoms with E-state index in [2.05, 4.69) is 28.3 Å². The van der Waals surface area contributed by atoms with Crippen LogP contribution in [0.5, 0.6) is 0 Å². The molecule has 5 rings (SSSR count). The monoisotopic (exact) mass is 504 g/mol. The van der Waals surface area contributed by atoms with E-state index in [1.165, 1.54) is 11.1 Å². The Balaban J connectivity index is 1.56. The van der Waals surface area contributed by atoms with Gasteiger partial charge in [-0.1, -0.05) is 17.3 Å². The van der Waals surface area contributed by atoms with Crippen LogP contribution < -0.4 is 5.73 Å². The maximum atomic E-state index is 13.2. The molecular formula is C29H36N4O4. The van der Waals surface area contributed by atoms with Crippen LogP contribution in [0.4, 0.5) is 10.6 Å². The molecule has 37 heavy (non-hydrogen) atoms. The molecule has 2 fully saturated rings. The maximum Gasteiger partial charge on any atom is 0.410 e. The minimum absolute atomic E-state index is 0.0363. The first-order valence-electron chi connectivity index (χ1n) is 13.1. The smallest absolute Gasteiger partial charge is 0.410 e. The lowest BCUT2D eigenvalue weighted by Crippen LogP contribution is -2.36. The second kappa shape index (κ2) is 10.2. The fourth-order valence-electron chi connectivity index (χ4n) is 5.37. The molecule has 1 atom stereocenters. The van der Waals surface area contributed by atoms with Crippen LogP contribution in [-0.2, 0) is 9.47 Å². The first kappa shape index (κ1) is 25.3. The summed E-state index contributed by atoms with van der Waals surface area (Å²) in [4.78, 5) is 19.5. The minimum Gasteiger partial charge on any atom is -0.444 e. The van der Waals surface area contributed by atoms with Gasteiger partial charge >= 0.3 is 6.09 Å². The van der Waals surface area contributed by atoms with Crippen LogP contribution in [0.15, 0.2) is 41.1 Å². The minimum atomic E-state index is -0.541. The zero-order valence-corrected chi connectivity index (χ0v) is 22.1. The van der Waals surface area contributed by atoms with E-state index in [0.717, 1.165) is 55.7 Å². The van der Waals surface area contributed by atoms with Crippen molar-refractivity contribution in [3.05, 3.63) is 53.3 Å². The third kappa shape index (κ3) is 5.49. The van der Waals surface area contributed by atoms with Crippen LogP contribution in [-0.4, -0.2) is 46.5 Å². The van der Waals surface area contributed by atoms with Crippen molar-refractivity contribution in [2.24, 2.45) is 0 Å². The van der Waals surface area contributed by atoms with Gasteiger partial charge in [0.1, 0.15) is 11.4 Å². The molecule has 0 saturated carbocycles. The number of pyridine rings is 1. The van der Waals surface area contributed by atoms with Gasteiger partial charge in [0, 0.05) is 37.6 Å². The molecule has 2 aliphatic heterocycles. The summed E-state index contributed by atoms with van der Waals surface area (Å²) in [6, 6.07) is 10.4. The van der Waals surface area contributed by atoms with E-state index in [0.29, 0.717) is 29.6 Å². The molecule has 0 radical (unpaired) electrons. The van der Waals surface area contributed by atoms with E-state index in [4.69, 9.17) is 19.7 Å². The summed E-state index contributed by atoms with van der Waals surface area (Å²) in [5.41, 5.74) is 11.6. The molecular weight excluding hydrogens is 468 g/mol. The Bertz CT molecular complexity index is 1270. The van der Waals surface area contributed by atoms with Gasteiger partial charge in [-0.2, -0.15) is 0 Å². The highest BCUT2D eigenvalue weighted by Gasteiger charge is 2.35. The molecule has 0 aliphatic carbocycles. The number of carbonyl (C=O) groups excluding carboxylic acids is 1. The normalized spacial score (nSPS) is 18.8. The van der Waals surface area contributed by atoms with Gasteiger partial charge in [0.05, 0.1) is 17.3 Å². The lowest BCUT2D eigenvalue weighted by atomic mass is 9.83. The molecule has 2 aliphatic rings. The van der Waals surface area contributed by atoms with Crippen molar-refractivity contribution >= 4 is 11.9 Å². The van der Waals surface area contributed by atoms with E-state index in [1.807, 2.05) is 44.7 Å². The number of hydrogen-bond donors (Lipinski definition) is 1. The number of hydrogen-bond acceptors (Lipinski definition) is 7. The Morgan fingerprint density at radius 2 is 1.86 bits per heavy atom. The van der Waals surface area contributed by atoms with E-state index in [-0.39, 0.29) is 12.1 Å². The van der Waals surface area contributed by atoms with Gasteiger partial charge in [-0.05, 0) is 88.1 Å². The largest absolute Gasteiger partial charge is 0.444 e. The molecule has 2 aromatic heterocycles. The number of carbonyl (C=O) groups is 1. The summed E-state index contributed by atoms with van der Waals surface area (Å²) in [7, 11) is 0. The second-order valence-electron chi connectivity index (χ2n) is 11.1. The lowest BCUT2D eigenvalue weighted by molar-refractivity contribution is 0.0222. The number of anilines is 1. The Morgan fingerprint density at radius 3 is 2.57 bits per heavy atom. The molecule has 4 heterocycles. The van der Waals surface area contributed by atoms with Crippen LogP contribution in [0.1, 0.15) is 75.2 Å². The van der Waals surface area contributed by atoms with Crippen LogP contribution in [0, 0.1) is 6.92 Å². The summed E-state index contributed by atoms with van der Waals surface area (Å²) >= 11 is 0. The topological polar surface area (TPSA) is 104 Å². The van der Waals surface area contributed by atoms with Gasteiger partial charge in [-0.3, -0.25) is 0 Å². The molecule has 2 N–H and O–H groups in total. The van der Waals surface area contributed by atoms with Crippen LogP contribution in [0.2, 0.25) is 0 Å². The molecule has 1 aromatic carbocycles. The van der Waals surface area contributed by atoms with Crippen molar-refractivity contribution in [3.63, 3.8) is 0 Å². The first-order chi connectivity index (χ1) is 17.7. The van der Waals surface area contributed by atoms with E-state index in [9.17, 15) is 4.79 Å². The third-order valence-electron chi connectivity index (χ3n) is 7.13. The van der Waals surface area contributed by atoms with Gasteiger partial charge in [0.15, 0.2) is 5.76 Å². The van der Waals surface area contributed by atoms with Crippen molar-refractivity contribution in [1.29, 1.82) is 0 Å². The highest BCUT2D eigenvalue weighted by Crippen LogP contribution is 2.42. The molecule has 3 aromatic rings. The number of nitrogens with zero attached hydrogens (tertiary/aromatic N) is 3. The van der Waals surface area contributed by atoms with Crippen molar-refractivity contribution in [2.45, 2.75) is 70.9 Å². The average Bonchev–Trinajstić information content (AvgIpc) is 3.53. The molecule has 196 valence electrons. The predicted octanol–water partition coefficient (Wildman–Crippen LogP) is 6.26. The van der Waals surface area contributed by atoms with E-state index >= 15 is 0 Å². The predicted molar refractivity (Wildman–Crippen MR) is 142 cm³/mol. The molecule has 0 unspecified atom stereocenters. The molecule has 8 heteroatoms. The third-order valence-corrected chi connectivity index (χ3v) is 7.13. The Hall–Kier alpha value is -3.39. The quantitative estimate of drug-likeness (QED) is 0.447. The average molecular weight is 505 g/mol. The first-order valence-corrected chi connectivity index (χ1v) is 13.1. The molecule has 8 nitrogen and oxygen atoms in total. The lowest BCUT2D eigenvalue weighted by Gasteiger charge is -2.32. The number of benzene rings is 1. The standard InChI is InChI=1S/C29H36N4O4/c1-18-14-26(37-32-18)24-16-21(17-31-27(24)30)20-7-8-22(19-9-12-35-13-10-19)23(15-20)25-6-5-11-33(25)28(34)36-29(2,3)4/h7-8,14-17,19,25H,5-6,9-13H2,1-4H3,(H2,30,31)/t25-/m0/s1. The van der Waals surface area contributed by atoms with Crippen LogP contribution >= 0.6 is 0 Å². The number of likely N-dealkylation sites (tertiary alicyclic amines) is 1. The van der Waals surface area contributed by atoms with E-state index < -0.39 is 5.60 Å². The van der Waals surface area contributed by atoms with Gasteiger partial charge in [-0.15, -0.1) is 0 Å². The van der Waals surface area contributed by atoms with Crippen LogP contribution in [0.25, 0.3) is 22.5 Å². The zero-order valence-electron chi connectivity index (χ0n) is 22.1. The molecule has 2 saturated heterocycles. The van der Waals surface area contributed by atoms with Crippen molar-refractivity contribution in [1.82, 2.24) is 15.0 Å². The number of aromatic nitrogens is 2. The highest BCUT2D eigenvalue weighted by molar-refractivity contribution is 5.77. The number of nitrogen functional groups attached to an aromatic ring is 1. The SMILES string of the molecule is Cc1cc(-c2cc(-c3ccc(C4CCOCC4)c([C@@H]4CCCN4C(=O)OC(C)(C)C)c3)cnc2N)on1.